The molecule has 0 aliphatic rings. The lowest BCUT2D eigenvalue weighted by molar-refractivity contribution is -0.242. The molecular formula is C16H35NO2. The summed E-state index contributed by atoms with van der Waals surface area (Å²) in [4.78, 5) is 0. The van der Waals surface area contributed by atoms with Gasteiger partial charge in [-0.1, -0.05) is 45.4 Å². The molecule has 0 fully saturated rings. The van der Waals surface area contributed by atoms with Crippen molar-refractivity contribution >= 4 is 0 Å². The van der Waals surface area contributed by atoms with Crippen LogP contribution in [0.5, 0.6) is 0 Å². The molecule has 0 rings (SSSR count). The summed E-state index contributed by atoms with van der Waals surface area (Å²) in [6.07, 6.45) is 10.0. The molecule has 0 bridgehead atoms. The molecule has 0 aliphatic carbocycles. The SMILES string of the molecule is CCCCCCCCCC(NC(C)(C)C)(OC)OC. The first-order valence-electron chi connectivity index (χ1n) is 7.79. The highest BCUT2D eigenvalue weighted by Gasteiger charge is 2.33. The zero-order chi connectivity index (χ0) is 14.8. The molecule has 0 aromatic rings. The van der Waals surface area contributed by atoms with Gasteiger partial charge in [-0.2, -0.15) is 0 Å². The standard InChI is InChI=1S/C16H35NO2/c1-7-8-9-10-11-12-13-14-16(18-5,19-6)17-15(2,3)4/h17H,7-14H2,1-6H3. The lowest BCUT2D eigenvalue weighted by Crippen LogP contribution is -2.56. The second-order valence-electron chi connectivity index (χ2n) is 6.41. The quantitative estimate of drug-likeness (QED) is 0.445. The van der Waals surface area contributed by atoms with E-state index in [4.69, 9.17) is 9.47 Å². The van der Waals surface area contributed by atoms with Crippen LogP contribution < -0.4 is 5.32 Å². The third-order valence-corrected chi connectivity index (χ3v) is 3.33. The van der Waals surface area contributed by atoms with Crippen molar-refractivity contribution in [3.05, 3.63) is 0 Å². The maximum atomic E-state index is 5.57. The summed E-state index contributed by atoms with van der Waals surface area (Å²) in [5.41, 5.74) is -0.0207. The van der Waals surface area contributed by atoms with Gasteiger partial charge >= 0.3 is 0 Å². The van der Waals surface area contributed by atoms with E-state index in [9.17, 15) is 0 Å². The minimum atomic E-state index is -0.637. The van der Waals surface area contributed by atoms with Gasteiger partial charge in [0.1, 0.15) is 0 Å². The van der Waals surface area contributed by atoms with Gasteiger partial charge in [0.15, 0.2) is 0 Å². The van der Waals surface area contributed by atoms with Crippen molar-refractivity contribution in [3.8, 4) is 0 Å². The maximum absolute atomic E-state index is 5.57. The largest absolute Gasteiger partial charge is 0.341 e. The van der Waals surface area contributed by atoms with Crippen LogP contribution in [-0.4, -0.2) is 25.7 Å². The van der Waals surface area contributed by atoms with E-state index in [0.717, 1.165) is 12.8 Å². The molecule has 0 saturated carbocycles. The Morgan fingerprint density at radius 1 is 0.789 bits per heavy atom. The molecule has 0 aromatic carbocycles. The van der Waals surface area contributed by atoms with Crippen molar-refractivity contribution in [3.63, 3.8) is 0 Å². The molecule has 1 N–H and O–H groups in total. The Morgan fingerprint density at radius 2 is 1.26 bits per heavy atom. The topological polar surface area (TPSA) is 30.5 Å². The minimum absolute atomic E-state index is 0.0207. The van der Waals surface area contributed by atoms with E-state index in [1.165, 1.54) is 38.5 Å². The number of nitrogens with one attached hydrogen (secondary N) is 1. The summed E-state index contributed by atoms with van der Waals surface area (Å²) < 4.78 is 11.1. The third-order valence-electron chi connectivity index (χ3n) is 3.33. The summed E-state index contributed by atoms with van der Waals surface area (Å²) >= 11 is 0. The van der Waals surface area contributed by atoms with E-state index < -0.39 is 5.91 Å². The molecule has 3 heteroatoms. The van der Waals surface area contributed by atoms with Gasteiger partial charge in [0.05, 0.1) is 0 Å². The van der Waals surface area contributed by atoms with Crippen LogP contribution in [0.2, 0.25) is 0 Å². The highest BCUT2D eigenvalue weighted by molar-refractivity contribution is 4.78. The molecule has 116 valence electrons. The summed E-state index contributed by atoms with van der Waals surface area (Å²) in [7, 11) is 3.42. The van der Waals surface area contributed by atoms with Crippen molar-refractivity contribution in [1.82, 2.24) is 5.32 Å². The Labute approximate surface area is 120 Å². The van der Waals surface area contributed by atoms with Crippen LogP contribution in [0.25, 0.3) is 0 Å². The molecule has 0 spiro atoms. The average molecular weight is 273 g/mol. The first-order valence-corrected chi connectivity index (χ1v) is 7.79. The van der Waals surface area contributed by atoms with E-state index in [1.807, 2.05) is 0 Å². The molecule has 0 heterocycles. The van der Waals surface area contributed by atoms with Crippen molar-refractivity contribution in [1.29, 1.82) is 0 Å². The number of methoxy groups -OCH3 is 2. The van der Waals surface area contributed by atoms with Gasteiger partial charge in [-0.15, -0.1) is 0 Å². The fourth-order valence-electron chi connectivity index (χ4n) is 2.34. The second-order valence-corrected chi connectivity index (χ2v) is 6.41. The second kappa shape index (κ2) is 9.73. The minimum Gasteiger partial charge on any atom is -0.341 e. The van der Waals surface area contributed by atoms with Crippen LogP contribution in [0, 0.1) is 0 Å². The zero-order valence-electron chi connectivity index (χ0n) is 14.0. The van der Waals surface area contributed by atoms with Crippen molar-refractivity contribution in [2.75, 3.05) is 14.2 Å². The monoisotopic (exact) mass is 273 g/mol. The molecule has 0 saturated heterocycles. The molecule has 0 amide bonds. The zero-order valence-corrected chi connectivity index (χ0v) is 14.0. The first kappa shape index (κ1) is 18.9. The van der Waals surface area contributed by atoms with Gasteiger partial charge in [0, 0.05) is 26.2 Å². The van der Waals surface area contributed by atoms with Crippen LogP contribution in [0.1, 0.15) is 79.1 Å². The van der Waals surface area contributed by atoms with E-state index in [0.29, 0.717) is 0 Å². The molecule has 0 aromatic heterocycles. The first-order chi connectivity index (χ1) is 8.89. The Balaban J connectivity index is 3.94. The number of rotatable bonds is 11. The third kappa shape index (κ3) is 9.42. The number of hydrogen-bond acceptors (Lipinski definition) is 3. The lowest BCUT2D eigenvalue weighted by Gasteiger charge is -2.38. The molecule has 0 radical (unpaired) electrons. The Hall–Kier alpha value is -0.120. The average Bonchev–Trinajstić information content (AvgIpc) is 2.35. The van der Waals surface area contributed by atoms with E-state index in [2.05, 4.69) is 33.0 Å². The summed E-state index contributed by atoms with van der Waals surface area (Å²) in [5, 5.41) is 3.44. The summed E-state index contributed by atoms with van der Waals surface area (Å²) in [6, 6.07) is 0. The van der Waals surface area contributed by atoms with Gasteiger partial charge in [-0.25, -0.2) is 0 Å². The molecule has 19 heavy (non-hydrogen) atoms. The summed E-state index contributed by atoms with van der Waals surface area (Å²) in [6.45, 7) is 8.64. The Kier molecular flexibility index (Phi) is 9.67. The van der Waals surface area contributed by atoms with Gasteiger partial charge in [-0.3, -0.25) is 5.32 Å². The van der Waals surface area contributed by atoms with Gasteiger partial charge in [0.25, 0.3) is 0 Å². The normalized spacial score (nSPS) is 12.9. The molecule has 0 aliphatic heterocycles. The Morgan fingerprint density at radius 3 is 1.68 bits per heavy atom. The van der Waals surface area contributed by atoms with Gasteiger partial charge in [-0.05, 0) is 27.2 Å². The van der Waals surface area contributed by atoms with Crippen LogP contribution in [-0.2, 0) is 9.47 Å². The molecule has 0 unspecified atom stereocenters. The fraction of sp³-hybridized carbons (Fsp3) is 1.00. The van der Waals surface area contributed by atoms with Crippen molar-refractivity contribution < 1.29 is 9.47 Å². The van der Waals surface area contributed by atoms with E-state index >= 15 is 0 Å². The Bertz CT molecular complexity index is 207. The van der Waals surface area contributed by atoms with Gasteiger partial charge < -0.3 is 9.47 Å². The number of hydrogen-bond donors (Lipinski definition) is 1. The predicted octanol–water partition coefficient (Wildman–Crippen LogP) is 4.46. The smallest absolute Gasteiger partial charge is 0.227 e. The van der Waals surface area contributed by atoms with Crippen LogP contribution in [0.15, 0.2) is 0 Å². The fourth-order valence-corrected chi connectivity index (χ4v) is 2.34. The molecule has 3 nitrogen and oxygen atoms in total. The van der Waals surface area contributed by atoms with Gasteiger partial charge in [0.2, 0.25) is 5.91 Å². The van der Waals surface area contributed by atoms with E-state index in [-0.39, 0.29) is 5.54 Å². The maximum Gasteiger partial charge on any atom is 0.227 e. The van der Waals surface area contributed by atoms with E-state index in [1.54, 1.807) is 14.2 Å². The highest BCUT2D eigenvalue weighted by atomic mass is 16.7. The highest BCUT2D eigenvalue weighted by Crippen LogP contribution is 2.21. The van der Waals surface area contributed by atoms with Crippen LogP contribution in [0.4, 0.5) is 0 Å². The molecule has 0 atom stereocenters. The number of unbranched alkanes of at least 4 members (excludes halogenated alkanes) is 6. The van der Waals surface area contributed by atoms with Crippen molar-refractivity contribution in [2.45, 2.75) is 90.5 Å². The summed E-state index contributed by atoms with van der Waals surface area (Å²) in [5.74, 6) is -0.637. The molecular weight excluding hydrogens is 238 g/mol. The number of ether oxygens (including phenoxy) is 2. The van der Waals surface area contributed by atoms with Crippen molar-refractivity contribution in [2.24, 2.45) is 0 Å². The van der Waals surface area contributed by atoms with Crippen LogP contribution >= 0.6 is 0 Å². The predicted molar refractivity (Wildman–Crippen MR) is 82.2 cm³/mol. The lowest BCUT2D eigenvalue weighted by atomic mass is 10.0. The van der Waals surface area contributed by atoms with Crippen LogP contribution in [0.3, 0.4) is 0 Å².